The molecule has 0 radical (unpaired) electrons. The maximum Gasteiger partial charge on any atom is 0.471 e. The SMILES string of the molecule is CNC(=O)c1ccc(NC(=O)C(F)(F)F)cc1. The third kappa shape index (κ3) is 3.47. The zero-order chi connectivity index (χ0) is 13.1. The average Bonchev–Trinajstić information content (AvgIpc) is 2.27. The summed E-state index contributed by atoms with van der Waals surface area (Å²) in [6.45, 7) is 0. The lowest BCUT2D eigenvalue weighted by Crippen LogP contribution is -2.29. The highest BCUT2D eigenvalue weighted by molar-refractivity contribution is 5.97. The van der Waals surface area contributed by atoms with E-state index in [0.29, 0.717) is 0 Å². The van der Waals surface area contributed by atoms with Gasteiger partial charge < -0.3 is 10.6 Å². The number of rotatable bonds is 2. The van der Waals surface area contributed by atoms with E-state index in [1.165, 1.54) is 31.3 Å². The number of hydrogen-bond acceptors (Lipinski definition) is 2. The van der Waals surface area contributed by atoms with Crippen LogP contribution in [0.4, 0.5) is 18.9 Å². The first-order valence-corrected chi connectivity index (χ1v) is 4.55. The van der Waals surface area contributed by atoms with Crippen LogP contribution < -0.4 is 10.6 Å². The Morgan fingerprint density at radius 3 is 2.06 bits per heavy atom. The fourth-order valence-corrected chi connectivity index (χ4v) is 1.05. The third-order valence-corrected chi connectivity index (χ3v) is 1.89. The maximum atomic E-state index is 11.9. The molecule has 0 unspecified atom stereocenters. The minimum Gasteiger partial charge on any atom is -0.355 e. The van der Waals surface area contributed by atoms with E-state index >= 15 is 0 Å². The molecule has 17 heavy (non-hydrogen) atoms. The third-order valence-electron chi connectivity index (χ3n) is 1.89. The number of carbonyl (C=O) groups excluding carboxylic acids is 2. The predicted octanol–water partition coefficient (Wildman–Crippen LogP) is 1.55. The van der Waals surface area contributed by atoms with E-state index in [1.54, 1.807) is 5.32 Å². The van der Waals surface area contributed by atoms with Gasteiger partial charge in [-0.15, -0.1) is 0 Å². The second-order valence-corrected chi connectivity index (χ2v) is 3.11. The largest absolute Gasteiger partial charge is 0.471 e. The second kappa shape index (κ2) is 4.86. The zero-order valence-electron chi connectivity index (χ0n) is 8.76. The van der Waals surface area contributed by atoms with Crippen LogP contribution in [0.3, 0.4) is 0 Å². The molecule has 2 N–H and O–H groups in total. The Bertz CT molecular complexity index is 426. The van der Waals surface area contributed by atoms with Gasteiger partial charge in [-0.05, 0) is 24.3 Å². The number of halogens is 3. The van der Waals surface area contributed by atoms with E-state index in [1.807, 2.05) is 0 Å². The van der Waals surface area contributed by atoms with Gasteiger partial charge in [-0.25, -0.2) is 0 Å². The highest BCUT2D eigenvalue weighted by atomic mass is 19.4. The van der Waals surface area contributed by atoms with Crippen LogP contribution in [0.25, 0.3) is 0 Å². The summed E-state index contributed by atoms with van der Waals surface area (Å²) in [5, 5.41) is 4.03. The van der Waals surface area contributed by atoms with E-state index < -0.39 is 12.1 Å². The molecular weight excluding hydrogens is 237 g/mol. The molecule has 2 amide bonds. The first-order chi connectivity index (χ1) is 7.84. The maximum absolute atomic E-state index is 11.9. The van der Waals surface area contributed by atoms with Crippen LogP contribution in [0.5, 0.6) is 0 Å². The average molecular weight is 246 g/mol. The number of carbonyl (C=O) groups is 2. The Balaban J connectivity index is 2.76. The zero-order valence-corrected chi connectivity index (χ0v) is 8.76. The van der Waals surface area contributed by atoms with Gasteiger partial charge in [0.05, 0.1) is 0 Å². The van der Waals surface area contributed by atoms with E-state index in [0.717, 1.165) is 0 Å². The molecule has 0 atom stereocenters. The molecule has 0 aliphatic carbocycles. The van der Waals surface area contributed by atoms with Gasteiger partial charge in [-0.3, -0.25) is 9.59 Å². The van der Waals surface area contributed by atoms with Crippen LogP contribution in [0.1, 0.15) is 10.4 Å². The van der Waals surface area contributed by atoms with E-state index in [4.69, 9.17) is 0 Å². The molecule has 1 aromatic rings. The second-order valence-electron chi connectivity index (χ2n) is 3.11. The molecule has 0 aromatic heterocycles. The number of amides is 2. The van der Waals surface area contributed by atoms with Crippen molar-refractivity contribution in [3.8, 4) is 0 Å². The van der Waals surface area contributed by atoms with Crippen LogP contribution in [-0.2, 0) is 4.79 Å². The summed E-state index contributed by atoms with van der Waals surface area (Å²) in [6, 6.07) is 5.05. The smallest absolute Gasteiger partial charge is 0.355 e. The standard InChI is InChI=1S/C10H9F3N2O2/c1-14-8(16)6-2-4-7(5-3-6)15-9(17)10(11,12)13/h2-5H,1H3,(H,14,16)(H,15,17). The van der Waals surface area contributed by atoms with Crippen molar-refractivity contribution >= 4 is 17.5 Å². The van der Waals surface area contributed by atoms with Crippen LogP contribution in [-0.4, -0.2) is 25.0 Å². The van der Waals surface area contributed by atoms with Crippen molar-refractivity contribution in [2.45, 2.75) is 6.18 Å². The molecule has 0 saturated heterocycles. The lowest BCUT2D eigenvalue weighted by Gasteiger charge is -2.08. The van der Waals surface area contributed by atoms with Gasteiger partial charge in [0.15, 0.2) is 0 Å². The van der Waals surface area contributed by atoms with Crippen LogP contribution in [0.2, 0.25) is 0 Å². The summed E-state index contributed by atoms with van der Waals surface area (Å²) < 4.78 is 35.8. The van der Waals surface area contributed by atoms with Crippen molar-refractivity contribution in [3.05, 3.63) is 29.8 Å². The molecule has 0 aliphatic heterocycles. The van der Waals surface area contributed by atoms with Gasteiger partial charge in [0.2, 0.25) is 0 Å². The Hall–Kier alpha value is -2.05. The lowest BCUT2D eigenvalue weighted by molar-refractivity contribution is -0.167. The quantitative estimate of drug-likeness (QED) is 0.831. The predicted molar refractivity (Wildman–Crippen MR) is 54.5 cm³/mol. The summed E-state index contributed by atoms with van der Waals surface area (Å²) in [5.74, 6) is -2.41. The Morgan fingerprint density at radius 2 is 1.65 bits per heavy atom. The molecule has 1 aromatic carbocycles. The first kappa shape index (κ1) is 13.0. The number of anilines is 1. The first-order valence-electron chi connectivity index (χ1n) is 4.55. The molecule has 7 heteroatoms. The molecule has 92 valence electrons. The topological polar surface area (TPSA) is 58.2 Å². The number of alkyl halides is 3. The molecule has 0 spiro atoms. The van der Waals surface area contributed by atoms with Gasteiger partial charge in [-0.1, -0.05) is 0 Å². The van der Waals surface area contributed by atoms with Crippen molar-refractivity contribution in [3.63, 3.8) is 0 Å². The molecule has 4 nitrogen and oxygen atoms in total. The lowest BCUT2D eigenvalue weighted by atomic mass is 10.2. The molecule has 0 fully saturated rings. The minimum atomic E-state index is -4.93. The van der Waals surface area contributed by atoms with Crippen LogP contribution >= 0.6 is 0 Å². The van der Waals surface area contributed by atoms with Gasteiger partial charge in [0, 0.05) is 18.3 Å². The fraction of sp³-hybridized carbons (Fsp3) is 0.200. The molecular formula is C10H9F3N2O2. The van der Waals surface area contributed by atoms with E-state index in [9.17, 15) is 22.8 Å². The summed E-state index contributed by atoms with van der Waals surface area (Å²) in [5.41, 5.74) is 0.262. The fourth-order valence-electron chi connectivity index (χ4n) is 1.05. The van der Waals surface area contributed by atoms with Gasteiger partial charge in [-0.2, -0.15) is 13.2 Å². The number of benzene rings is 1. The summed E-state index contributed by atoms with van der Waals surface area (Å²) >= 11 is 0. The Morgan fingerprint density at radius 1 is 1.12 bits per heavy atom. The van der Waals surface area contributed by atoms with Crippen molar-refractivity contribution in [2.24, 2.45) is 0 Å². The summed E-state index contributed by atoms with van der Waals surface area (Å²) in [6.07, 6.45) is -4.93. The highest BCUT2D eigenvalue weighted by Crippen LogP contribution is 2.18. The Kier molecular flexibility index (Phi) is 3.72. The van der Waals surface area contributed by atoms with Crippen molar-refractivity contribution in [1.82, 2.24) is 5.32 Å². The number of hydrogen-bond donors (Lipinski definition) is 2. The summed E-state index contributed by atoms with van der Waals surface area (Å²) in [7, 11) is 1.43. The van der Waals surface area contributed by atoms with E-state index in [-0.39, 0.29) is 17.2 Å². The van der Waals surface area contributed by atoms with Crippen LogP contribution in [0.15, 0.2) is 24.3 Å². The molecule has 0 bridgehead atoms. The molecule has 1 rings (SSSR count). The molecule has 0 aliphatic rings. The Labute approximate surface area is 94.8 Å². The minimum absolute atomic E-state index is 0.0278. The molecule has 0 saturated carbocycles. The van der Waals surface area contributed by atoms with Crippen molar-refractivity contribution in [1.29, 1.82) is 0 Å². The highest BCUT2D eigenvalue weighted by Gasteiger charge is 2.38. The van der Waals surface area contributed by atoms with Crippen LogP contribution in [0, 0.1) is 0 Å². The van der Waals surface area contributed by atoms with E-state index in [2.05, 4.69) is 5.32 Å². The normalized spacial score (nSPS) is 10.8. The molecule has 0 heterocycles. The van der Waals surface area contributed by atoms with Gasteiger partial charge in [0.1, 0.15) is 0 Å². The van der Waals surface area contributed by atoms with Gasteiger partial charge >= 0.3 is 12.1 Å². The van der Waals surface area contributed by atoms with Gasteiger partial charge in [0.25, 0.3) is 5.91 Å². The van der Waals surface area contributed by atoms with Crippen molar-refractivity contribution < 1.29 is 22.8 Å². The summed E-state index contributed by atoms with van der Waals surface area (Å²) in [4.78, 5) is 21.7. The number of nitrogens with one attached hydrogen (secondary N) is 2. The van der Waals surface area contributed by atoms with Crippen molar-refractivity contribution in [2.75, 3.05) is 12.4 Å². The monoisotopic (exact) mass is 246 g/mol.